The predicted octanol–water partition coefficient (Wildman–Crippen LogP) is 5.40. The van der Waals surface area contributed by atoms with E-state index in [0.29, 0.717) is 6.54 Å². The molecular formula is C24H18FN3O. The topological polar surface area (TPSA) is 39.9 Å². The van der Waals surface area contributed by atoms with Crippen LogP contribution in [0.3, 0.4) is 0 Å². The molecule has 142 valence electrons. The minimum atomic E-state index is -0.271. The van der Waals surface area contributed by atoms with Crippen LogP contribution in [0.15, 0.2) is 79.0 Å². The van der Waals surface area contributed by atoms with Gasteiger partial charge >= 0.3 is 0 Å². The predicted molar refractivity (Wildman–Crippen MR) is 112 cm³/mol. The van der Waals surface area contributed by atoms with Gasteiger partial charge in [0.25, 0.3) is 0 Å². The SMILES string of the molecule is COc1ccc2c(c1)c1nnc(-c3ccc(F)cc3)c-1cn2Cc1ccccc1. The van der Waals surface area contributed by atoms with Crippen molar-refractivity contribution >= 4 is 10.9 Å². The molecule has 0 N–H and O–H groups in total. The van der Waals surface area contributed by atoms with E-state index in [0.717, 1.165) is 39.2 Å². The van der Waals surface area contributed by atoms with Gasteiger partial charge in [0.2, 0.25) is 0 Å². The molecule has 0 unspecified atom stereocenters. The first-order valence-corrected chi connectivity index (χ1v) is 9.36. The number of rotatable bonds is 4. The summed E-state index contributed by atoms with van der Waals surface area (Å²) in [6.45, 7) is 0.716. The Morgan fingerprint density at radius 1 is 0.897 bits per heavy atom. The van der Waals surface area contributed by atoms with Crippen LogP contribution in [-0.4, -0.2) is 21.9 Å². The average Bonchev–Trinajstić information content (AvgIpc) is 3.19. The van der Waals surface area contributed by atoms with E-state index in [1.165, 1.54) is 17.7 Å². The average molecular weight is 383 g/mol. The molecular weight excluding hydrogens is 365 g/mol. The second-order valence-electron chi connectivity index (χ2n) is 6.94. The highest BCUT2D eigenvalue weighted by molar-refractivity contribution is 5.98. The van der Waals surface area contributed by atoms with Crippen molar-refractivity contribution in [2.24, 2.45) is 0 Å². The van der Waals surface area contributed by atoms with E-state index in [-0.39, 0.29) is 5.82 Å². The van der Waals surface area contributed by atoms with Crippen LogP contribution in [0.1, 0.15) is 5.56 Å². The molecule has 0 amide bonds. The Kier molecular flexibility index (Phi) is 4.21. The van der Waals surface area contributed by atoms with Crippen molar-refractivity contribution < 1.29 is 9.13 Å². The summed E-state index contributed by atoms with van der Waals surface area (Å²) in [6.07, 6.45) is 2.08. The second-order valence-corrected chi connectivity index (χ2v) is 6.94. The fourth-order valence-electron chi connectivity index (χ4n) is 3.68. The van der Waals surface area contributed by atoms with E-state index in [9.17, 15) is 4.39 Å². The first-order valence-electron chi connectivity index (χ1n) is 9.36. The van der Waals surface area contributed by atoms with Gasteiger partial charge in [-0.05, 0) is 48.0 Å². The van der Waals surface area contributed by atoms with E-state index < -0.39 is 0 Å². The molecule has 0 fully saturated rings. The maximum Gasteiger partial charge on any atom is 0.123 e. The lowest BCUT2D eigenvalue weighted by Gasteiger charge is -2.16. The summed E-state index contributed by atoms with van der Waals surface area (Å²) in [5.41, 5.74) is 5.56. The van der Waals surface area contributed by atoms with Gasteiger partial charge in [-0.2, -0.15) is 0 Å². The number of halogens is 1. The third kappa shape index (κ3) is 3.10. The summed E-state index contributed by atoms with van der Waals surface area (Å²) in [5.74, 6) is 0.495. The Bertz CT molecular complexity index is 1260. The third-order valence-electron chi connectivity index (χ3n) is 5.13. The summed E-state index contributed by atoms with van der Waals surface area (Å²) in [4.78, 5) is 0. The molecule has 0 aromatic heterocycles. The summed E-state index contributed by atoms with van der Waals surface area (Å²) in [5, 5.41) is 9.85. The molecule has 0 atom stereocenters. The van der Waals surface area contributed by atoms with Crippen LogP contribution >= 0.6 is 0 Å². The summed E-state index contributed by atoms with van der Waals surface area (Å²) in [7, 11) is 1.65. The van der Waals surface area contributed by atoms with Gasteiger partial charge in [-0.1, -0.05) is 30.3 Å². The van der Waals surface area contributed by atoms with Gasteiger partial charge in [-0.25, -0.2) is 4.39 Å². The Balaban J connectivity index is 1.75. The molecule has 0 saturated heterocycles. The zero-order chi connectivity index (χ0) is 19.8. The van der Waals surface area contributed by atoms with Gasteiger partial charge in [0, 0.05) is 29.3 Å². The fraction of sp³-hybridized carbons (Fsp3) is 0.0833. The third-order valence-corrected chi connectivity index (χ3v) is 5.13. The molecule has 5 heteroatoms. The second kappa shape index (κ2) is 7.02. The van der Waals surface area contributed by atoms with Crippen LogP contribution < -0.4 is 4.74 Å². The lowest BCUT2D eigenvalue weighted by Crippen LogP contribution is -2.04. The fourth-order valence-corrected chi connectivity index (χ4v) is 3.68. The number of nitrogens with zero attached hydrogens (tertiary/aromatic N) is 3. The number of fused-ring (bicyclic) bond motifs is 3. The van der Waals surface area contributed by atoms with Gasteiger partial charge in [0.15, 0.2) is 0 Å². The maximum absolute atomic E-state index is 13.4. The lowest BCUT2D eigenvalue weighted by molar-refractivity contribution is 0.415. The Morgan fingerprint density at radius 2 is 1.66 bits per heavy atom. The van der Waals surface area contributed by atoms with Crippen LogP contribution in [0, 0.1) is 5.82 Å². The van der Waals surface area contributed by atoms with Crippen molar-refractivity contribution in [3.8, 4) is 28.3 Å². The quantitative estimate of drug-likeness (QED) is 0.417. The van der Waals surface area contributed by atoms with Gasteiger partial charge in [0.1, 0.15) is 23.0 Å². The molecule has 0 saturated carbocycles. The molecule has 3 aromatic rings. The number of benzene rings is 3. The number of hydrogen-bond donors (Lipinski definition) is 0. The van der Waals surface area contributed by atoms with Crippen molar-refractivity contribution in [2.75, 3.05) is 7.11 Å². The highest BCUT2D eigenvalue weighted by Gasteiger charge is 2.20. The number of ether oxygens (including phenoxy) is 1. The zero-order valence-corrected chi connectivity index (χ0v) is 15.8. The maximum atomic E-state index is 13.4. The molecule has 0 spiro atoms. The normalized spacial score (nSPS) is 11.2. The molecule has 0 radical (unpaired) electrons. The molecule has 29 heavy (non-hydrogen) atoms. The number of methoxy groups -OCH3 is 1. The van der Waals surface area contributed by atoms with E-state index in [4.69, 9.17) is 4.74 Å². The van der Waals surface area contributed by atoms with Crippen molar-refractivity contribution in [3.63, 3.8) is 0 Å². The van der Waals surface area contributed by atoms with Crippen molar-refractivity contribution in [3.05, 3.63) is 90.4 Å². The molecule has 0 aliphatic carbocycles. The Morgan fingerprint density at radius 3 is 2.41 bits per heavy atom. The number of hydrogen-bond acceptors (Lipinski definition) is 3. The largest absolute Gasteiger partial charge is 0.497 e. The summed E-state index contributed by atoms with van der Waals surface area (Å²) >= 11 is 0. The standard InChI is InChI=1S/C24H18FN3O/c1-29-19-11-12-22-20(13-19)24-21(15-28(22)14-16-5-3-2-4-6-16)23(26-27-24)17-7-9-18(25)10-8-17/h2-13,15H,14H2,1H3. The molecule has 4 nitrogen and oxygen atoms in total. The zero-order valence-electron chi connectivity index (χ0n) is 15.8. The highest BCUT2D eigenvalue weighted by Crippen LogP contribution is 2.37. The van der Waals surface area contributed by atoms with Gasteiger partial charge in [0.05, 0.1) is 12.6 Å². The molecule has 0 bridgehead atoms. The van der Waals surface area contributed by atoms with Crippen LogP contribution in [-0.2, 0) is 6.54 Å². The Labute approximate surface area is 167 Å². The summed E-state index contributed by atoms with van der Waals surface area (Å²) in [6, 6.07) is 22.6. The highest BCUT2D eigenvalue weighted by atomic mass is 19.1. The minimum Gasteiger partial charge on any atom is -0.497 e. The van der Waals surface area contributed by atoms with E-state index >= 15 is 0 Å². The summed E-state index contributed by atoms with van der Waals surface area (Å²) < 4.78 is 21.0. The monoisotopic (exact) mass is 383 g/mol. The smallest absolute Gasteiger partial charge is 0.123 e. The lowest BCUT2D eigenvalue weighted by atomic mass is 10.0. The van der Waals surface area contributed by atoms with Crippen molar-refractivity contribution in [1.82, 2.24) is 14.8 Å². The van der Waals surface area contributed by atoms with E-state index in [1.54, 1.807) is 19.2 Å². The van der Waals surface area contributed by atoms with Crippen LogP contribution in [0.4, 0.5) is 4.39 Å². The van der Waals surface area contributed by atoms with E-state index in [1.807, 2.05) is 36.4 Å². The van der Waals surface area contributed by atoms with Crippen molar-refractivity contribution in [1.29, 1.82) is 0 Å². The number of aromatic nitrogens is 3. The van der Waals surface area contributed by atoms with E-state index in [2.05, 4.69) is 33.1 Å². The number of pyridine rings is 1. The van der Waals surface area contributed by atoms with Gasteiger partial charge < -0.3 is 9.30 Å². The molecule has 5 rings (SSSR count). The molecule has 3 aromatic carbocycles. The van der Waals surface area contributed by atoms with Crippen LogP contribution in [0.2, 0.25) is 0 Å². The molecule has 2 heterocycles. The first-order chi connectivity index (χ1) is 14.2. The first kappa shape index (κ1) is 17.4. The Hall–Kier alpha value is -3.73. The van der Waals surface area contributed by atoms with Gasteiger partial charge in [-0.3, -0.25) is 0 Å². The van der Waals surface area contributed by atoms with Crippen LogP contribution in [0.5, 0.6) is 5.75 Å². The van der Waals surface area contributed by atoms with Crippen LogP contribution in [0.25, 0.3) is 33.4 Å². The van der Waals surface area contributed by atoms with Gasteiger partial charge in [-0.15, -0.1) is 10.2 Å². The van der Waals surface area contributed by atoms with Crippen molar-refractivity contribution in [2.45, 2.75) is 6.54 Å². The molecule has 2 aliphatic rings. The minimum absolute atomic E-state index is 0.271. The molecule has 2 aliphatic heterocycles.